The van der Waals surface area contributed by atoms with E-state index in [4.69, 9.17) is 4.74 Å². The number of rotatable bonds is 0. The zero-order valence-corrected chi connectivity index (χ0v) is 7.62. The lowest BCUT2D eigenvalue weighted by atomic mass is 10.3. The van der Waals surface area contributed by atoms with Crippen LogP contribution in [0.3, 0.4) is 0 Å². The Kier molecular flexibility index (Phi) is 2.04. The van der Waals surface area contributed by atoms with Crippen LogP contribution < -0.4 is 10.3 Å². The van der Waals surface area contributed by atoms with Gasteiger partial charge >= 0.3 is 0 Å². The molecule has 0 bridgehead atoms. The average molecular weight is 180 g/mol. The van der Waals surface area contributed by atoms with Crippen molar-refractivity contribution in [1.29, 1.82) is 0 Å². The molecule has 4 heteroatoms. The normalized spacial score (nSPS) is 15.8. The SMILES string of the molecule is Cc1c2n(cnc1=O)CCCCO2. The van der Waals surface area contributed by atoms with Gasteiger partial charge in [-0.25, -0.2) is 0 Å². The van der Waals surface area contributed by atoms with Crippen LogP contribution in [0.25, 0.3) is 0 Å². The van der Waals surface area contributed by atoms with Crippen molar-refractivity contribution >= 4 is 0 Å². The zero-order valence-electron chi connectivity index (χ0n) is 7.62. The molecule has 0 N–H and O–H groups in total. The molecule has 0 atom stereocenters. The van der Waals surface area contributed by atoms with Crippen LogP contribution in [0.2, 0.25) is 0 Å². The molecule has 1 aromatic heterocycles. The Bertz CT molecular complexity index is 370. The smallest absolute Gasteiger partial charge is 0.279 e. The molecule has 1 aliphatic rings. The minimum absolute atomic E-state index is 0.187. The fourth-order valence-corrected chi connectivity index (χ4v) is 1.48. The van der Waals surface area contributed by atoms with Crippen molar-refractivity contribution in [2.24, 2.45) is 0 Å². The highest BCUT2D eigenvalue weighted by Crippen LogP contribution is 2.17. The van der Waals surface area contributed by atoms with E-state index in [0.29, 0.717) is 18.1 Å². The Hall–Kier alpha value is -1.32. The first-order valence-corrected chi connectivity index (χ1v) is 4.48. The van der Waals surface area contributed by atoms with Crippen LogP contribution in [-0.2, 0) is 6.54 Å². The summed E-state index contributed by atoms with van der Waals surface area (Å²) in [5.41, 5.74) is 0.428. The number of hydrogen-bond acceptors (Lipinski definition) is 3. The molecular formula is C9H12N2O2. The first kappa shape index (κ1) is 8.29. The largest absolute Gasteiger partial charge is 0.478 e. The van der Waals surface area contributed by atoms with Crippen LogP contribution in [0.4, 0.5) is 0 Å². The van der Waals surface area contributed by atoms with Gasteiger partial charge in [0.1, 0.15) is 6.33 Å². The zero-order chi connectivity index (χ0) is 9.26. The maximum absolute atomic E-state index is 11.2. The highest BCUT2D eigenvalue weighted by Gasteiger charge is 2.11. The molecule has 13 heavy (non-hydrogen) atoms. The molecule has 1 aliphatic heterocycles. The van der Waals surface area contributed by atoms with Crippen molar-refractivity contribution in [2.75, 3.05) is 6.61 Å². The lowest BCUT2D eigenvalue weighted by Gasteiger charge is -2.10. The quantitative estimate of drug-likeness (QED) is 0.591. The van der Waals surface area contributed by atoms with Crippen LogP contribution in [-0.4, -0.2) is 16.2 Å². The summed E-state index contributed by atoms with van der Waals surface area (Å²) in [5, 5.41) is 0. The highest BCUT2D eigenvalue weighted by atomic mass is 16.5. The molecule has 0 radical (unpaired) electrons. The lowest BCUT2D eigenvalue weighted by Crippen LogP contribution is -2.16. The van der Waals surface area contributed by atoms with E-state index in [2.05, 4.69) is 4.98 Å². The van der Waals surface area contributed by atoms with Gasteiger partial charge in [-0.2, -0.15) is 4.98 Å². The van der Waals surface area contributed by atoms with Gasteiger partial charge in [0.15, 0.2) is 0 Å². The minimum atomic E-state index is -0.187. The summed E-state index contributed by atoms with van der Waals surface area (Å²) in [6.07, 6.45) is 3.68. The van der Waals surface area contributed by atoms with Crippen molar-refractivity contribution < 1.29 is 4.74 Å². The van der Waals surface area contributed by atoms with Gasteiger partial charge in [-0.15, -0.1) is 0 Å². The van der Waals surface area contributed by atoms with Gasteiger partial charge < -0.3 is 9.30 Å². The molecule has 0 amide bonds. The van der Waals surface area contributed by atoms with Crippen LogP contribution >= 0.6 is 0 Å². The first-order chi connectivity index (χ1) is 6.29. The Morgan fingerprint density at radius 2 is 2.38 bits per heavy atom. The summed E-state index contributed by atoms with van der Waals surface area (Å²) in [6, 6.07) is 0. The Morgan fingerprint density at radius 1 is 1.54 bits per heavy atom. The van der Waals surface area contributed by atoms with E-state index in [0.717, 1.165) is 19.4 Å². The molecule has 2 rings (SSSR count). The molecule has 1 aromatic rings. The number of hydrogen-bond donors (Lipinski definition) is 0. The second kappa shape index (κ2) is 3.20. The molecule has 0 saturated carbocycles. The van der Waals surface area contributed by atoms with Gasteiger partial charge in [-0.05, 0) is 19.8 Å². The number of ether oxygens (including phenoxy) is 1. The van der Waals surface area contributed by atoms with E-state index in [-0.39, 0.29) is 5.56 Å². The van der Waals surface area contributed by atoms with Crippen molar-refractivity contribution in [3.63, 3.8) is 0 Å². The van der Waals surface area contributed by atoms with Crippen LogP contribution in [0, 0.1) is 6.92 Å². The Morgan fingerprint density at radius 3 is 3.23 bits per heavy atom. The van der Waals surface area contributed by atoms with Gasteiger partial charge in [0, 0.05) is 6.54 Å². The van der Waals surface area contributed by atoms with E-state index in [1.165, 1.54) is 0 Å². The topological polar surface area (TPSA) is 44.1 Å². The van der Waals surface area contributed by atoms with Gasteiger partial charge in [0.25, 0.3) is 5.56 Å². The summed E-state index contributed by atoms with van der Waals surface area (Å²) in [6.45, 7) is 3.35. The molecule has 70 valence electrons. The van der Waals surface area contributed by atoms with E-state index < -0.39 is 0 Å². The van der Waals surface area contributed by atoms with E-state index in [1.54, 1.807) is 13.3 Å². The van der Waals surface area contributed by atoms with Gasteiger partial charge in [0.05, 0.1) is 12.2 Å². The predicted octanol–water partition coefficient (Wildman–Crippen LogP) is 0.724. The third kappa shape index (κ3) is 1.43. The van der Waals surface area contributed by atoms with Crippen molar-refractivity contribution in [3.05, 3.63) is 22.2 Å². The molecule has 4 nitrogen and oxygen atoms in total. The maximum Gasteiger partial charge on any atom is 0.279 e. The van der Waals surface area contributed by atoms with Crippen molar-refractivity contribution in [2.45, 2.75) is 26.3 Å². The Balaban J connectivity index is 2.54. The predicted molar refractivity (Wildman–Crippen MR) is 48.0 cm³/mol. The molecule has 0 unspecified atom stereocenters. The molecule has 0 saturated heterocycles. The first-order valence-electron chi connectivity index (χ1n) is 4.48. The minimum Gasteiger partial charge on any atom is -0.478 e. The molecular weight excluding hydrogens is 168 g/mol. The number of aromatic nitrogens is 2. The summed E-state index contributed by atoms with van der Waals surface area (Å²) < 4.78 is 7.39. The summed E-state index contributed by atoms with van der Waals surface area (Å²) in [5.74, 6) is 0.692. The second-order valence-electron chi connectivity index (χ2n) is 3.23. The number of nitrogens with zero attached hydrogens (tertiary/aromatic N) is 2. The standard InChI is InChI=1S/C9H12N2O2/c1-7-8(12)10-6-11-4-2-3-5-13-9(7)11/h6H,2-5H2,1H3. The van der Waals surface area contributed by atoms with E-state index in [1.807, 2.05) is 4.57 Å². The molecule has 0 aliphatic carbocycles. The summed E-state index contributed by atoms with van der Waals surface area (Å²) >= 11 is 0. The van der Waals surface area contributed by atoms with Gasteiger partial charge in [0.2, 0.25) is 5.88 Å². The maximum atomic E-state index is 11.2. The number of fused-ring (bicyclic) bond motifs is 1. The molecule has 0 spiro atoms. The van der Waals surface area contributed by atoms with Gasteiger partial charge in [-0.3, -0.25) is 4.79 Å². The van der Waals surface area contributed by atoms with Crippen LogP contribution in [0.1, 0.15) is 18.4 Å². The third-order valence-electron chi connectivity index (χ3n) is 2.25. The van der Waals surface area contributed by atoms with Crippen molar-refractivity contribution in [3.8, 4) is 5.88 Å². The van der Waals surface area contributed by atoms with Crippen LogP contribution in [0.15, 0.2) is 11.1 Å². The number of aryl methyl sites for hydroxylation is 1. The summed E-state index contributed by atoms with van der Waals surface area (Å²) in [4.78, 5) is 15.0. The third-order valence-corrected chi connectivity index (χ3v) is 2.25. The fraction of sp³-hybridized carbons (Fsp3) is 0.556. The average Bonchev–Trinajstić information content (AvgIpc) is 2.36. The van der Waals surface area contributed by atoms with Crippen LogP contribution in [0.5, 0.6) is 5.88 Å². The van der Waals surface area contributed by atoms with Crippen molar-refractivity contribution in [1.82, 2.24) is 9.55 Å². The second-order valence-corrected chi connectivity index (χ2v) is 3.23. The summed E-state index contributed by atoms with van der Waals surface area (Å²) in [7, 11) is 0. The lowest BCUT2D eigenvalue weighted by molar-refractivity contribution is 0.301. The van der Waals surface area contributed by atoms with E-state index in [9.17, 15) is 4.79 Å². The fourth-order valence-electron chi connectivity index (χ4n) is 1.48. The Labute approximate surface area is 76.2 Å². The van der Waals surface area contributed by atoms with Gasteiger partial charge in [-0.1, -0.05) is 0 Å². The molecule has 0 fully saturated rings. The van der Waals surface area contributed by atoms with E-state index >= 15 is 0 Å². The molecule has 2 heterocycles. The monoisotopic (exact) mass is 180 g/mol. The molecule has 0 aromatic carbocycles. The highest BCUT2D eigenvalue weighted by molar-refractivity contribution is 5.22.